The highest BCUT2D eigenvalue weighted by Crippen LogP contribution is 2.22. The maximum atomic E-state index is 11.7. The van der Waals surface area contributed by atoms with Gasteiger partial charge < -0.3 is 9.84 Å². The van der Waals surface area contributed by atoms with E-state index in [1.807, 2.05) is 0 Å². The molecule has 90 valence electrons. The summed E-state index contributed by atoms with van der Waals surface area (Å²) < 4.78 is 5.19. The molecule has 2 unspecified atom stereocenters. The Morgan fingerprint density at radius 3 is 2.62 bits per heavy atom. The molecular weight excluding hydrogens is 206 g/mol. The molecular formula is C12H19NO3. The molecule has 16 heavy (non-hydrogen) atoms. The highest BCUT2D eigenvalue weighted by molar-refractivity contribution is 5.68. The third kappa shape index (κ3) is 3.42. The first-order chi connectivity index (χ1) is 7.33. The predicted octanol–water partition coefficient (Wildman–Crippen LogP) is 1.59. The van der Waals surface area contributed by atoms with Crippen molar-refractivity contribution in [1.29, 1.82) is 0 Å². The molecule has 1 heterocycles. The Hall–Kier alpha value is -1.21. The number of terminal acetylenes is 1. The van der Waals surface area contributed by atoms with Gasteiger partial charge in [0.25, 0.3) is 0 Å². The molecule has 0 aromatic carbocycles. The van der Waals surface area contributed by atoms with E-state index < -0.39 is 17.9 Å². The van der Waals surface area contributed by atoms with Crippen molar-refractivity contribution in [1.82, 2.24) is 4.90 Å². The number of ether oxygens (including phenoxy) is 1. The third-order valence-electron chi connectivity index (χ3n) is 2.44. The van der Waals surface area contributed by atoms with Gasteiger partial charge in [0.2, 0.25) is 0 Å². The lowest BCUT2D eigenvalue weighted by Crippen LogP contribution is -2.47. The van der Waals surface area contributed by atoms with Crippen LogP contribution in [0.5, 0.6) is 0 Å². The van der Waals surface area contributed by atoms with E-state index in [0.29, 0.717) is 19.4 Å². The minimum absolute atomic E-state index is 0.0497. The van der Waals surface area contributed by atoms with Gasteiger partial charge in [-0.25, -0.2) is 4.79 Å². The summed E-state index contributed by atoms with van der Waals surface area (Å²) in [4.78, 5) is 13.0. The van der Waals surface area contributed by atoms with Crippen LogP contribution in [-0.4, -0.2) is 34.5 Å². The fourth-order valence-electron chi connectivity index (χ4n) is 1.63. The van der Waals surface area contributed by atoms with Gasteiger partial charge in [-0.1, -0.05) is 0 Å². The molecule has 0 spiro atoms. The standard InChI is InChI=1S/C12H19NO3/c1-5-9-6-7-13(10(14)8-9)11(15)16-12(2,3)4/h1,9-10,14H,6-8H2,2-4H3. The van der Waals surface area contributed by atoms with Crippen LogP contribution in [0.3, 0.4) is 0 Å². The number of carbonyl (C=O) groups excluding carboxylic acids is 1. The quantitative estimate of drug-likeness (QED) is 0.637. The number of hydrogen-bond acceptors (Lipinski definition) is 3. The second kappa shape index (κ2) is 4.75. The van der Waals surface area contributed by atoms with Crippen molar-refractivity contribution in [3.05, 3.63) is 0 Å². The van der Waals surface area contributed by atoms with Gasteiger partial charge in [0.15, 0.2) is 0 Å². The highest BCUT2D eigenvalue weighted by atomic mass is 16.6. The zero-order valence-corrected chi connectivity index (χ0v) is 10.1. The highest BCUT2D eigenvalue weighted by Gasteiger charge is 2.32. The van der Waals surface area contributed by atoms with Crippen LogP contribution in [0.25, 0.3) is 0 Å². The van der Waals surface area contributed by atoms with Crippen LogP contribution in [0.4, 0.5) is 4.79 Å². The van der Waals surface area contributed by atoms with Crippen molar-refractivity contribution >= 4 is 6.09 Å². The number of likely N-dealkylation sites (tertiary alicyclic amines) is 1. The molecule has 0 saturated carbocycles. The maximum Gasteiger partial charge on any atom is 0.412 e. The van der Waals surface area contributed by atoms with E-state index in [1.54, 1.807) is 20.8 Å². The summed E-state index contributed by atoms with van der Waals surface area (Å²) in [5.74, 6) is 2.65. The van der Waals surface area contributed by atoms with E-state index in [1.165, 1.54) is 4.90 Å². The van der Waals surface area contributed by atoms with Crippen LogP contribution in [-0.2, 0) is 4.74 Å². The molecule has 1 amide bonds. The predicted molar refractivity (Wildman–Crippen MR) is 60.5 cm³/mol. The molecule has 0 aromatic rings. The largest absolute Gasteiger partial charge is 0.444 e. The van der Waals surface area contributed by atoms with E-state index in [2.05, 4.69) is 5.92 Å². The van der Waals surface area contributed by atoms with E-state index in [-0.39, 0.29) is 5.92 Å². The van der Waals surface area contributed by atoms with Crippen molar-refractivity contribution < 1.29 is 14.6 Å². The van der Waals surface area contributed by atoms with Crippen LogP contribution < -0.4 is 0 Å². The normalized spacial score (nSPS) is 26.1. The Balaban J connectivity index is 2.56. The Bertz CT molecular complexity index is 300. The van der Waals surface area contributed by atoms with Crippen molar-refractivity contribution in [3.8, 4) is 12.3 Å². The molecule has 0 bridgehead atoms. The lowest BCUT2D eigenvalue weighted by molar-refractivity contribution is -0.0512. The average molecular weight is 225 g/mol. The monoisotopic (exact) mass is 225 g/mol. The lowest BCUT2D eigenvalue weighted by Gasteiger charge is -2.35. The minimum atomic E-state index is -0.829. The average Bonchev–Trinajstić information content (AvgIpc) is 2.14. The van der Waals surface area contributed by atoms with Crippen LogP contribution >= 0.6 is 0 Å². The first-order valence-corrected chi connectivity index (χ1v) is 5.47. The van der Waals surface area contributed by atoms with Gasteiger partial charge in [0.05, 0.1) is 0 Å². The molecule has 0 aliphatic carbocycles. The van der Waals surface area contributed by atoms with Crippen molar-refractivity contribution in [2.24, 2.45) is 5.92 Å². The number of piperidine rings is 1. The van der Waals surface area contributed by atoms with Crippen molar-refractivity contribution in [2.75, 3.05) is 6.54 Å². The van der Waals surface area contributed by atoms with Gasteiger partial charge >= 0.3 is 6.09 Å². The second-order valence-electron chi connectivity index (χ2n) is 5.04. The molecule has 4 nitrogen and oxygen atoms in total. The molecule has 1 aliphatic rings. The number of carbonyl (C=O) groups is 1. The van der Waals surface area contributed by atoms with Crippen molar-refractivity contribution in [2.45, 2.75) is 45.4 Å². The summed E-state index contributed by atoms with van der Waals surface area (Å²) in [6.45, 7) is 5.84. The van der Waals surface area contributed by atoms with Crippen LogP contribution in [0.15, 0.2) is 0 Å². The summed E-state index contributed by atoms with van der Waals surface area (Å²) in [7, 11) is 0. The summed E-state index contributed by atoms with van der Waals surface area (Å²) in [5, 5.41) is 9.77. The van der Waals surface area contributed by atoms with Crippen LogP contribution in [0.1, 0.15) is 33.6 Å². The van der Waals surface area contributed by atoms with E-state index in [4.69, 9.17) is 11.2 Å². The molecule has 4 heteroatoms. The zero-order valence-electron chi connectivity index (χ0n) is 10.1. The summed E-state index contributed by atoms with van der Waals surface area (Å²) in [5.41, 5.74) is -0.542. The van der Waals surface area contributed by atoms with E-state index in [0.717, 1.165) is 0 Å². The first kappa shape index (κ1) is 12.9. The Kier molecular flexibility index (Phi) is 3.82. The van der Waals surface area contributed by atoms with Gasteiger partial charge in [0, 0.05) is 18.9 Å². The number of amides is 1. The molecule has 2 atom stereocenters. The van der Waals surface area contributed by atoms with Gasteiger partial charge in [-0.15, -0.1) is 12.3 Å². The van der Waals surface area contributed by atoms with Gasteiger partial charge in [-0.3, -0.25) is 4.90 Å². The molecule has 0 aromatic heterocycles. The van der Waals surface area contributed by atoms with Gasteiger partial charge in [-0.05, 0) is 27.2 Å². The van der Waals surface area contributed by atoms with Gasteiger partial charge in [-0.2, -0.15) is 0 Å². The van der Waals surface area contributed by atoms with Gasteiger partial charge in [0.1, 0.15) is 11.8 Å². The van der Waals surface area contributed by atoms with Crippen LogP contribution in [0, 0.1) is 18.3 Å². The zero-order chi connectivity index (χ0) is 12.3. The number of hydrogen-bond donors (Lipinski definition) is 1. The topological polar surface area (TPSA) is 49.8 Å². The molecule has 1 aliphatic heterocycles. The SMILES string of the molecule is C#CC1CCN(C(=O)OC(C)(C)C)C(O)C1. The van der Waals surface area contributed by atoms with E-state index in [9.17, 15) is 9.90 Å². The summed E-state index contributed by atoms with van der Waals surface area (Å²) in [6, 6.07) is 0. The van der Waals surface area contributed by atoms with E-state index >= 15 is 0 Å². The minimum Gasteiger partial charge on any atom is -0.444 e. The van der Waals surface area contributed by atoms with Crippen molar-refractivity contribution in [3.63, 3.8) is 0 Å². The second-order valence-corrected chi connectivity index (χ2v) is 5.04. The lowest BCUT2D eigenvalue weighted by atomic mass is 9.97. The molecule has 1 rings (SSSR count). The smallest absolute Gasteiger partial charge is 0.412 e. The number of rotatable bonds is 0. The Labute approximate surface area is 96.6 Å². The third-order valence-corrected chi connectivity index (χ3v) is 2.44. The molecule has 1 fully saturated rings. The Morgan fingerprint density at radius 1 is 1.56 bits per heavy atom. The fourth-order valence-corrected chi connectivity index (χ4v) is 1.63. The fraction of sp³-hybridized carbons (Fsp3) is 0.750. The first-order valence-electron chi connectivity index (χ1n) is 5.47. The number of nitrogens with zero attached hydrogens (tertiary/aromatic N) is 1. The molecule has 1 saturated heterocycles. The molecule has 1 N–H and O–H groups in total. The molecule has 0 radical (unpaired) electrons. The maximum absolute atomic E-state index is 11.7. The number of aliphatic hydroxyl groups excluding tert-OH is 1. The van der Waals surface area contributed by atoms with Crippen LogP contribution in [0.2, 0.25) is 0 Å². The Morgan fingerprint density at radius 2 is 2.19 bits per heavy atom. The number of aliphatic hydroxyl groups is 1. The summed E-state index contributed by atoms with van der Waals surface area (Å²) >= 11 is 0. The summed E-state index contributed by atoms with van der Waals surface area (Å²) in [6.07, 6.45) is 5.13.